The molecule has 2 saturated heterocycles. The van der Waals surface area contributed by atoms with Gasteiger partial charge in [-0.05, 0) is 70.6 Å². The Hall–Kier alpha value is -3.32. The van der Waals surface area contributed by atoms with E-state index >= 15 is 0 Å². The molecule has 0 radical (unpaired) electrons. The highest BCUT2D eigenvalue weighted by Crippen LogP contribution is 2.26. The van der Waals surface area contributed by atoms with Crippen LogP contribution in [0.25, 0.3) is 0 Å². The van der Waals surface area contributed by atoms with Gasteiger partial charge in [-0.3, -0.25) is 9.59 Å². The lowest BCUT2D eigenvalue weighted by molar-refractivity contribution is -0.332. The van der Waals surface area contributed by atoms with Crippen molar-refractivity contribution in [3.8, 4) is 0 Å². The maximum atomic E-state index is 13.0. The van der Waals surface area contributed by atoms with E-state index in [1.807, 2.05) is 24.3 Å². The van der Waals surface area contributed by atoms with Gasteiger partial charge in [-0.25, -0.2) is 0 Å². The third kappa shape index (κ3) is 28.3. The third-order valence-electron chi connectivity index (χ3n) is 11.7. The van der Waals surface area contributed by atoms with Gasteiger partial charge in [-0.1, -0.05) is 150 Å². The van der Waals surface area contributed by atoms with Gasteiger partial charge >= 0.3 is 11.9 Å². The minimum absolute atomic E-state index is 0.135. The smallest absolute Gasteiger partial charge is 0.306 e. The minimum Gasteiger partial charge on any atom is -0.462 e. The van der Waals surface area contributed by atoms with E-state index in [4.69, 9.17) is 28.4 Å². The van der Waals surface area contributed by atoms with Crippen molar-refractivity contribution in [2.45, 2.75) is 216 Å². The zero-order valence-electron chi connectivity index (χ0n) is 41.5. The van der Waals surface area contributed by atoms with Gasteiger partial charge in [-0.2, -0.15) is 0 Å². The van der Waals surface area contributed by atoms with Crippen molar-refractivity contribution in [3.63, 3.8) is 0 Å². The first-order valence-corrected chi connectivity index (χ1v) is 25.7. The summed E-state index contributed by atoms with van der Waals surface area (Å²) in [7, 11) is 0. The molecule has 0 amide bonds. The van der Waals surface area contributed by atoms with E-state index in [2.05, 4.69) is 74.6 Å². The first-order valence-electron chi connectivity index (χ1n) is 25.7. The first-order chi connectivity index (χ1) is 33.5. The normalized spacial score (nSPS) is 26.3. The maximum Gasteiger partial charge on any atom is 0.306 e. The quantitative estimate of drug-likeness (QED) is 0.0140. The number of ether oxygens (including phenoxy) is 6. The predicted molar refractivity (Wildman–Crippen MR) is 265 cm³/mol. The number of hydrogen-bond acceptors (Lipinski definition) is 15. The van der Waals surface area contributed by atoms with Gasteiger partial charge in [0.05, 0.1) is 19.8 Å². The molecule has 15 nitrogen and oxygen atoms in total. The fourth-order valence-corrected chi connectivity index (χ4v) is 7.50. The lowest BCUT2D eigenvalue weighted by Crippen LogP contribution is -2.61. The summed E-state index contributed by atoms with van der Waals surface area (Å²) in [6.45, 7) is 2.29. The summed E-state index contributed by atoms with van der Waals surface area (Å²) in [5, 5.41) is 72.1. The standard InChI is InChI=1S/C54H88O15/c1-3-5-7-9-11-13-15-17-18-19-20-21-22-23-25-26-28-30-32-34-36-45(56)64-39-42(67-46(57)37-35-33-31-29-27-24-16-14-12-10-8-6-4-2)40-65-53-52(63)50(61)48(59)44(69-53)41-66-54-51(62)49(60)47(58)43(38-55)68-54/h5-8,10-14,16-18,20-21,42-44,47-55,58-63H,3-4,9,15,19,22-41H2,1-2H3/b7-5+,8-6+,12-10+,13-11+,16-14+,18-17+,21-20+/t42?,43-,44-,47+,48+,49?,50?,51?,52?,53-,54-/m1/s1. The highest BCUT2D eigenvalue weighted by atomic mass is 16.7. The minimum atomic E-state index is -1.78. The van der Waals surface area contributed by atoms with Crippen LogP contribution in [0, 0.1) is 0 Å². The summed E-state index contributed by atoms with van der Waals surface area (Å²) < 4.78 is 33.5. The monoisotopic (exact) mass is 977 g/mol. The van der Waals surface area contributed by atoms with Crippen LogP contribution >= 0.6 is 0 Å². The first kappa shape index (κ1) is 61.8. The van der Waals surface area contributed by atoms with Gasteiger partial charge in [-0.15, -0.1) is 0 Å². The van der Waals surface area contributed by atoms with Gasteiger partial charge in [0.25, 0.3) is 0 Å². The molecule has 0 aromatic carbocycles. The lowest BCUT2D eigenvalue weighted by Gasteiger charge is -2.42. The summed E-state index contributed by atoms with van der Waals surface area (Å²) in [4.78, 5) is 25.8. The Labute approximate surface area is 412 Å². The van der Waals surface area contributed by atoms with Gasteiger partial charge < -0.3 is 64.2 Å². The van der Waals surface area contributed by atoms with E-state index in [1.54, 1.807) is 0 Å². The molecule has 2 heterocycles. The van der Waals surface area contributed by atoms with Crippen LogP contribution < -0.4 is 0 Å². The topological polar surface area (TPSA) is 231 Å². The van der Waals surface area contributed by atoms with Crippen molar-refractivity contribution in [2.24, 2.45) is 0 Å². The average molecular weight is 977 g/mol. The maximum absolute atomic E-state index is 13.0. The largest absolute Gasteiger partial charge is 0.462 e. The highest BCUT2D eigenvalue weighted by molar-refractivity contribution is 5.70. The summed E-state index contributed by atoms with van der Waals surface area (Å²) in [6, 6.07) is 0. The fraction of sp³-hybridized carbons (Fsp3) is 0.704. The van der Waals surface area contributed by atoms with Crippen LogP contribution in [0.3, 0.4) is 0 Å². The zero-order chi connectivity index (χ0) is 50.3. The fourth-order valence-electron chi connectivity index (χ4n) is 7.50. The summed E-state index contributed by atoms with van der Waals surface area (Å²) in [5.74, 6) is -0.970. The van der Waals surface area contributed by atoms with E-state index in [0.717, 1.165) is 109 Å². The molecular formula is C54H88O15. The molecule has 2 rings (SSSR count). The van der Waals surface area contributed by atoms with Crippen LogP contribution in [0.1, 0.15) is 149 Å². The molecule has 11 atom stereocenters. The number of allylic oxidation sites excluding steroid dienone is 14. The number of hydrogen-bond donors (Lipinski definition) is 7. The van der Waals surface area contributed by atoms with Gasteiger partial charge in [0.15, 0.2) is 18.7 Å². The second kappa shape index (κ2) is 40.3. The molecule has 0 aromatic rings. The number of carbonyl (C=O) groups excluding carboxylic acids is 2. The van der Waals surface area contributed by atoms with Gasteiger partial charge in [0, 0.05) is 12.8 Å². The molecule has 15 heteroatoms. The Morgan fingerprint density at radius 1 is 0.478 bits per heavy atom. The van der Waals surface area contributed by atoms with Gasteiger partial charge in [0.2, 0.25) is 0 Å². The molecule has 2 fully saturated rings. The molecule has 7 N–H and O–H groups in total. The number of unbranched alkanes of at least 4 members (excludes halogenated alkanes) is 12. The predicted octanol–water partition coefficient (Wildman–Crippen LogP) is 7.21. The molecule has 0 aliphatic carbocycles. The molecule has 2 aliphatic heterocycles. The Morgan fingerprint density at radius 3 is 1.52 bits per heavy atom. The van der Waals surface area contributed by atoms with Crippen molar-refractivity contribution in [1.29, 1.82) is 0 Å². The second-order valence-corrected chi connectivity index (χ2v) is 17.6. The van der Waals surface area contributed by atoms with Crippen LogP contribution in [-0.4, -0.2) is 142 Å². The Morgan fingerprint density at radius 2 is 0.942 bits per heavy atom. The lowest BCUT2D eigenvalue weighted by atomic mass is 9.98. The van der Waals surface area contributed by atoms with E-state index in [1.165, 1.54) is 0 Å². The van der Waals surface area contributed by atoms with Crippen LogP contribution in [0.15, 0.2) is 85.1 Å². The van der Waals surface area contributed by atoms with E-state index in [9.17, 15) is 45.3 Å². The van der Waals surface area contributed by atoms with E-state index < -0.39 is 99.3 Å². The number of esters is 2. The number of aliphatic hydroxyl groups excluding tert-OH is 7. The number of rotatable bonds is 38. The van der Waals surface area contributed by atoms with Crippen molar-refractivity contribution < 1.29 is 73.8 Å². The molecule has 0 bridgehead atoms. The van der Waals surface area contributed by atoms with Crippen LogP contribution in [0.4, 0.5) is 0 Å². The van der Waals surface area contributed by atoms with Crippen LogP contribution in [0.2, 0.25) is 0 Å². The van der Waals surface area contributed by atoms with Crippen molar-refractivity contribution in [1.82, 2.24) is 0 Å². The second-order valence-electron chi connectivity index (χ2n) is 17.6. The van der Waals surface area contributed by atoms with E-state index in [0.29, 0.717) is 12.8 Å². The average Bonchev–Trinajstić information content (AvgIpc) is 3.34. The third-order valence-corrected chi connectivity index (χ3v) is 11.7. The molecule has 0 spiro atoms. The molecule has 0 saturated carbocycles. The molecular weight excluding hydrogens is 889 g/mol. The Bertz CT molecular complexity index is 1520. The molecule has 5 unspecified atom stereocenters. The van der Waals surface area contributed by atoms with Crippen LogP contribution in [-0.2, 0) is 38.0 Å². The molecule has 69 heavy (non-hydrogen) atoms. The number of aliphatic hydroxyl groups is 7. The van der Waals surface area contributed by atoms with Crippen molar-refractivity contribution >= 4 is 11.9 Å². The van der Waals surface area contributed by atoms with Crippen molar-refractivity contribution in [3.05, 3.63) is 85.1 Å². The highest BCUT2D eigenvalue weighted by Gasteiger charge is 2.47. The number of carbonyl (C=O) groups is 2. The Balaban J connectivity index is 1.80. The van der Waals surface area contributed by atoms with E-state index in [-0.39, 0.29) is 19.4 Å². The van der Waals surface area contributed by atoms with Crippen molar-refractivity contribution in [2.75, 3.05) is 26.4 Å². The summed E-state index contributed by atoms with van der Waals surface area (Å²) in [5.41, 5.74) is 0. The van der Waals surface area contributed by atoms with Crippen LogP contribution in [0.5, 0.6) is 0 Å². The Kier molecular flexibility index (Phi) is 36.1. The molecule has 394 valence electrons. The molecule has 2 aliphatic rings. The zero-order valence-corrected chi connectivity index (χ0v) is 41.5. The molecule has 0 aromatic heterocycles. The summed E-state index contributed by atoms with van der Waals surface area (Å²) in [6.07, 6.45) is 31.8. The summed E-state index contributed by atoms with van der Waals surface area (Å²) >= 11 is 0. The van der Waals surface area contributed by atoms with Gasteiger partial charge in [0.1, 0.15) is 55.4 Å². The SMILES string of the molecule is CC/C=C/C=C/C=C/CCCCCCCC(=O)OC(COC(=O)CCCCCCCCC/C=C/C/C=C/C/C=C/C/C=C/CC)CO[C@@H]1O[C@H](CO[C@@H]2O[C@H](CO)[C@H](O)C(O)C2O)[C@H](O)C(O)C1O.